The summed E-state index contributed by atoms with van der Waals surface area (Å²) in [5.41, 5.74) is 4.45. The molecule has 5 nitrogen and oxygen atoms in total. The number of benzene rings is 2. The molecule has 136 valence electrons. The number of hydrogen-bond donors (Lipinski definition) is 2. The molecule has 2 amide bonds. The Balaban J connectivity index is 1.86. The number of hydrazone groups is 1. The third-order valence-electron chi connectivity index (χ3n) is 3.85. The number of rotatable bonds is 9. The predicted molar refractivity (Wildman–Crippen MR) is 105 cm³/mol. The van der Waals surface area contributed by atoms with Gasteiger partial charge in [0.05, 0.1) is 6.21 Å². The van der Waals surface area contributed by atoms with Crippen molar-refractivity contribution in [1.29, 1.82) is 0 Å². The number of carbonyl (C=O) groups is 2. The zero-order valence-electron chi connectivity index (χ0n) is 15.1. The van der Waals surface area contributed by atoms with Gasteiger partial charge in [0.25, 0.3) is 5.91 Å². The van der Waals surface area contributed by atoms with Crippen LogP contribution in [0.2, 0.25) is 0 Å². The molecule has 0 saturated carbocycles. The molecule has 0 heterocycles. The van der Waals surface area contributed by atoms with Gasteiger partial charge in [-0.3, -0.25) is 9.59 Å². The number of unbranched alkanes of at least 4 members (excludes halogenated alkanes) is 3. The molecule has 0 unspecified atom stereocenters. The Kier molecular flexibility index (Phi) is 8.06. The van der Waals surface area contributed by atoms with Gasteiger partial charge in [-0.1, -0.05) is 62.6 Å². The van der Waals surface area contributed by atoms with Gasteiger partial charge in [0.15, 0.2) is 0 Å². The summed E-state index contributed by atoms with van der Waals surface area (Å²) in [6, 6.07) is 16.4. The summed E-state index contributed by atoms with van der Waals surface area (Å²) >= 11 is 0. The van der Waals surface area contributed by atoms with E-state index < -0.39 is 0 Å². The highest BCUT2D eigenvalue weighted by atomic mass is 16.2. The summed E-state index contributed by atoms with van der Waals surface area (Å²) in [5, 5.41) is 6.79. The van der Waals surface area contributed by atoms with Gasteiger partial charge in [0, 0.05) is 17.7 Å². The van der Waals surface area contributed by atoms with Gasteiger partial charge in [0.2, 0.25) is 5.91 Å². The summed E-state index contributed by atoms with van der Waals surface area (Å²) < 4.78 is 0. The largest absolute Gasteiger partial charge is 0.326 e. The molecule has 2 aromatic rings. The molecule has 0 aromatic heterocycles. The lowest BCUT2D eigenvalue weighted by atomic mass is 10.1. The summed E-state index contributed by atoms with van der Waals surface area (Å²) in [7, 11) is 0. The Morgan fingerprint density at radius 2 is 1.81 bits per heavy atom. The number of nitrogens with one attached hydrogen (secondary N) is 2. The SMILES string of the molecule is CCCCCCC(=O)Nc1cccc(C(=O)N/N=C\c2ccccc2)c1. The quantitative estimate of drug-likeness (QED) is 0.400. The van der Waals surface area contributed by atoms with E-state index in [9.17, 15) is 9.59 Å². The predicted octanol–water partition coefficient (Wildman–Crippen LogP) is 4.36. The van der Waals surface area contributed by atoms with Crippen LogP contribution in [0.1, 0.15) is 54.9 Å². The summed E-state index contributed by atoms with van der Waals surface area (Å²) in [4.78, 5) is 24.1. The van der Waals surface area contributed by atoms with E-state index in [0.717, 1.165) is 31.2 Å². The Labute approximate surface area is 154 Å². The minimum atomic E-state index is -0.323. The first kappa shape index (κ1) is 19.4. The van der Waals surface area contributed by atoms with Crippen molar-refractivity contribution in [3.8, 4) is 0 Å². The fourth-order valence-corrected chi connectivity index (χ4v) is 2.44. The van der Waals surface area contributed by atoms with Crippen LogP contribution < -0.4 is 10.7 Å². The lowest BCUT2D eigenvalue weighted by Crippen LogP contribution is -2.18. The highest BCUT2D eigenvalue weighted by molar-refractivity contribution is 5.97. The molecular weight excluding hydrogens is 326 g/mol. The molecule has 5 heteroatoms. The van der Waals surface area contributed by atoms with Crippen LogP contribution in [0.25, 0.3) is 0 Å². The summed E-state index contributed by atoms with van der Waals surface area (Å²) in [6.07, 6.45) is 6.31. The van der Waals surface area contributed by atoms with Crippen LogP contribution in [0.15, 0.2) is 59.7 Å². The van der Waals surface area contributed by atoms with Gasteiger partial charge in [0.1, 0.15) is 0 Å². The fraction of sp³-hybridized carbons (Fsp3) is 0.286. The molecule has 0 radical (unpaired) electrons. The molecule has 0 saturated heterocycles. The molecule has 2 N–H and O–H groups in total. The second-order valence-electron chi connectivity index (χ2n) is 6.05. The Bertz CT molecular complexity index is 742. The summed E-state index contributed by atoms with van der Waals surface area (Å²) in [5.74, 6) is -0.350. The molecule has 0 aliphatic carbocycles. The minimum Gasteiger partial charge on any atom is -0.326 e. The van der Waals surface area contributed by atoms with Gasteiger partial charge < -0.3 is 5.32 Å². The van der Waals surface area contributed by atoms with Crippen molar-refractivity contribution in [2.24, 2.45) is 5.10 Å². The van der Waals surface area contributed by atoms with Crippen LogP contribution >= 0.6 is 0 Å². The van der Waals surface area contributed by atoms with E-state index in [2.05, 4.69) is 22.8 Å². The first-order valence-electron chi connectivity index (χ1n) is 8.97. The van der Waals surface area contributed by atoms with E-state index >= 15 is 0 Å². The Morgan fingerprint density at radius 1 is 1.00 bits per heavy atom. The maximum absolute atomic E-state index is 12.2. The van der Waals surface area contributed by atoms with Gasteiger partial charge in [-0.25, -0.2) is 5.43 Å². The molecule has 26 heavy (non-hydrogen) atoms. The zero-order valence-corrected chi connectivity index (χ0v) is 15.1. The average Bonchev–Trinajstić information content (AvgIpc) is 2.66. The average molecular weight is 351 g/mol. The number of hydrogen-bond acceptors (Lipinski definition) is 3. The van der Waals surface area contributed by atoms with Gasteiger partial charge >= 0.3 is 0 Å². The fourth-order valence-electron chi connectivity index (χ4n) is 2.44. The van der Waals surface area contributed by atoms with Crippen LogP contribution in [0.3, 0.4) is 0 Å². The van der Waals surface area contributed by atoms with Gasteiger partial charge in [-0.15, -0.1) is 0 Å². The molecule has 0 bridgehead atoms. The lowest BCUT2D eigenvalue weighted by molar-refractivity contribution is -0.116. The number of nitrogens with zero attached hydrogens (tertiary/aromatic N) is 1. The van der Waals surface area contributed by atoms with Crippen LogP contribution in [0.4, 0.5) is 5.69 Å². The van der Waals surface area contributed by atoms with Crippen LogP contribution in [-0.2, 0) is 4.79 Å². The third-order valence-corrected chi connectivity index (χ3v) is 3.85. The molecule has 0 atom stereocenters. The highest BCUT2D eigenvalue weighted by Crippen LogP contribution is 2.12. The maximum atomic E-state index is 12.2. The molecule has 2 rings (SSSR count). The molecule has 0 aliphatic rings. The smallest absolute Gasteiger partial charge is 0.271 e. The normalized spacial score (nSPS) is 10.7. The molecule has 0 fully saturated rings. The van der Waals surface area contributed by atoms with E-state index in [4.69, 9.17) is 0 Å². The highest BCUT2D eigenvalue weighted by Gasteiger charge is 2.07. The van der Waals surface area contributed by atoms with Crippen LogP contribution in [0, 0.1) is 0 Å². The standard InChI is InChI=1S/C21H25N3O2/c1-2-3-4-8-14-20(25)23-19-13-9-12-18(15-19)21(26)24-22-16-17-10-6-5-7-11-17/h5-7,9-13,15-16H,2-4,8,14H2,1H3,(H,23,25)(H,24,26)/b22-16-. The van der Waals surface area contributed by atoms with Crippen LogP contribution in [-0.4, -0.2) is 18.0 Å². The van der Waals surface area contributed by atoms with Crippen LogP contribution in [0.5, 0.6) is 0 Å². The number of amides is 2. The number of anilines is 1. The van der Waals surface area contributed by atoms with Crippen molar-refractivity contribution >= 4 is 23.7 Å². The topological polar surface area (TPSA) is 70.6 Å². The summed E-state index contributed by atoms with van der Waals surface area (Å²) in [6.45, 7) is 2.14. The van der Waals surface area contributed by atoms with E-state index in [1.54, 1.807) is 30.5 Å². The number of carbonyl (C=O) groups excluding carboxylic acids is 2. The molecule has 0 aliphatic heterocycles. The van der Waals surface area contributed by atoms with E-state index in [-0.39, 0.29) is 11.8 Å². The molecular formula is C21H25N3O2. The van der Waals surface area contributed by atoms with Gasteiger partial charge in [-0.2, -0.15) is 5.10 Å². The lowest BCUT2D eigenvalue weighted by Gasteiger charge is -2.07. The second kappa shape index (κ2) is 10.8. The van der Waals surface area contributed by atoms with Crippen molar-refractivity contribution in [3.05, 3.63) is 65.7 Å². The van der Waals surface area contributed by atoms with E-state index in [0.29, 0.717) is 17.7 Å². The zero-order chi connectivity index (χ0) is 18.6. The van der Waals surface area contributed by atoms with Crippen molar-refractivity contribution in [2.75, 3.05) is 5.32 Å². The first-order chi connectivity index (χ1) is 12.7. The van der Waals surface area contributed by atoms with E-state index in [1.807, 2.05) is 30.3 Å². The van der Waals surface area contributed by atoms with Crippen molar-refractivity contribution in [2.45, 2.75) is 39.0 Å². The molecule has 2 aromatic carbocycles. The van der Waals surface area contributed by atoms with Crippen molar-refractivity contribution < 1.29 is 9.59 Å². The maximum Gasteiger partial charge on any atom is 0.271 e. The van der Waals surface area contributed by atoms with Crippen molar-refractivity contribution in [1.82, 2.24) is 5.43 Å². The second-order valence-corrected chi connectivity index (χ2v) is 6.05. The third kappa shape index (κ3) is 6.89. The monoisotopic (exact) mass is 351 g/mol. The molecule has 0 spiro atoms. The minimum absolute atomic E-state index is 0.0271. The van der Waals surface area contributed by atoms with Crippen molar-refractivity contribution in [3.63, 3.8) is 0 Å². The Morgan fingerprint density at radius 3 is 2.58 bits per heavy atom. The van der Waals surface area contributed by atoms with E-state index in [1.165, 1.54) is 0 Å². The van der Waals surface area contributed by atoms with Gasteiger partial charge in [-0.05, 0) is 30.2 Å². The first-order valence-corrected chi connectivity index (χ1v) is 8.97. The Hall–Kier alpha value is -2.95.